The third kappa shape index (κ3) is 4.47. The Balaban J connectivity index is 1.42. The molecule has 3 N–H and O–H groups in total. The fraction of sp³-hybridized carbons (Fsp3) is 0.241. The molecular weight excluding hydrogens is 480 g/mol. The molecule has 1 fully saturated rings. The Morgan fingerprint density at radius 1 is 1.08 bits per heavy atom. The van der Waals surface area contributed by atoms with E-state index < -0.39 is 0 Å². The van der Waals surface area contributed by atoms with E-state index in [-0.39, 0.29) is 12.0 Å². The lowest BCUT2D eigenvalue weighted by atomic mass is 10.0. The number of aromatic amines is 1. The maximum absolute atomic E-state index is 12.1. The van der Waals surface area contributed by atoms with Crippen LogP contribution >= 0.6 is 0 Å². The van der Waals surface area contributed by atoms with Crippen molar-refractivity contribution in [2.45, 2.75) is 31.8 Å². The van der Waals surface area contributed by atoms with E-state index in [1.807, 2.05) is 18.3 Å². The summed E-state index contributed by atoms with van der Waals surface area (Å²) in [4.78, 5) is 29.4. The predicted molar refractivity (Wildman–Crippen MR) is 147 cm³/mol. The van der Waals surface area contributed by atoms with Gasteiger partial charge in [0.05, 0.1) is 23.7 Å². The van der Waals surface area contributed by atoms with Gasteiger partial charge < -0.3 is 25.1 Å². The van der Waals surface area contributed by atoms with Crippen molar-refractivity contribution >= 4 is 39.5 Å². The molecule has 0 bridgehead atoms. The second-order valence-electron chi connectivity index (χ2n) is 9.33. The van der Waals surface area contributed by atoms with Crippen LogP contribution in [0, 0.1) is 0 Å². The average Bonchev–Trinajstić information content (AvgIpc) is 3.63. The number of hydrogen-bond acceptors (Lipinski definition) is 7. The molecule has 1 amide bonds. The molecule has 0 unspecified atom stereocenters. The molecule has 1 aliphatic carbocycles. The standard InChI is InChI=1S/C29H28N6O3/c1-30-27(36)19-10-12-23(24(15-19)37-2)33-29-34-26-25(28(35-29)38-20-7-3-4-8-20)21(16-32-26)17-9-11-22-18(14-17)6-5-13-31-22/h5-6,9-16,20H,3-4,7-8H2,1-2H3,(H,30,36)(H2,32,33,34,35). The number of anilines is 2. The quantitative estimate of drug-likeness (QED) is 0.262. The van der Waals surface area contributed by atoms with Crippen LogP contribution in [-0.2, 0) is 0 Å². The Labute approximate surface area is 219 Å². The highest BCUT2D eigenvalue weighted by Gasteiger charge is 2.23. The minimum absolute atomic E-state index is 0.117. The highest BCUT2D eigenvalue weighted by molar-refractivity contribution is 6.00. The summed E-state index contributed by atoms with van der Waals surface area (Å²) in [6, 6.07) is 15.4. The summed E-state index contributed by atoms with van der Waals surface area (Å²) in [6.45, 7) is 0. The van der Waals surface area contributed by atoms with Crippen molar-refractivity contribution in [3.05, 3.63) is 66.5 Å². The smallest absolute Gasteiger partial charge is 0.251 e. The number of benzene rings is 2. The molecule has 3 aromatic heterocycles. The maximum Gasteiger partial charge on any atom is 0.251 e. The first-order chi connectivity index (χ1) is 18.6. The number of H-pyrrole nitrogens is 1. The third-order valence-corrected chi connectivity index (χ3v) is 6.93. The summed E-state index contributed by atoms with van der Waals surface area (Å²) >= 11 is 0. The van der Waals surface area contributed by atoms with E-state index in [9.17, 15) is 4.79 Å². The number of hydrogen-bond donors (Lipinski definition) is 3. The fourth-order valence-electron chi connectivity index (χ4n) is 4.98. The van der Waals surface area contributed by atoms with Crippen LogP contribution in [0.3, 0.4) is 0 Å². The van der Waals surface area contributed by atoms with Gasteiger partial charge in [-0.05, 0) is 67.6 Å². The third-order valence-electron chi connectivity index (χ3n) is 6.93. The summed E-state index contributed by atoms with van der Waals surface area (Å²) in [5.41, 5.74) is 4.74. The van der Waals surface area contributed by atoms with Crippen molar-refractivity contribution in [1.29, 1.82) is 0 Å². The van der Waals surface area contributed by atoms with E-state index in [1.165, 1.54) is 0 Å². The molecule has 1 aliphatic rings. The molecule has 0 spiro atoms. The van der Waals surface area contributed by atoms with E-state index in [0.717, 1.165) is 53.1 Å². The lowest BCUT2D eigenvalue weighted by Crippen LogP contribution is -2.17. The summed E-state index contributed by atoms with van der Waals surface area (Å²) in [5.74, 6) is 1.22. The fourth-order valence-corrected chi connectivity index (χ4v) is 4.98. The number of nitrogens with one attached hydrogen (secondary N) is 3. The van der Waals surface area contributed by atoms with E-state index >= 15 is 0 Å². The van der Waals surface area contributed by atoms with E-state index in [2.05, 4.69) is 38.8 Å². The highest BCUT2D eigenvalue weighted by Crippen LogP contribution is 2.38. The van der Waals surface area contributed by atoms with Crippen molar-refractivity contribution < 1.29 is 14.3 Å². The van der Waals surface area contributed by atoms with Gasteiger partial charge in [-0.2, -0.15) is 9.97 Å². The van der Waals surface area contributed by atoms with Crippen LogP contribution in [0.5, 0.6) is 11.6 Å². The highest BCUT2D eigenvalue weighted by atomic mass is 16.5. The minimum atomic E-state index is -0.192. The van der Waals surface area contributed by atoms with Crippen LogP contribution < -0.4 is 20.1 Å². The van der Waals surface area contributed by atoms with E-state index in [4.69, 9.17) is 19.4 Å². The number of pyridine rings is 1. The molecule has 0 saturated heterocycles. The number of ether oxygens (including phenoxy) is 2. The number of aromatic nitrogens is 4. The lowest BCUT2D eigenvalue weighted by molar-refractivity contribution is 0.0962. The van der Waals surface area contributed by atoms with Crippen LogP contribution in [0.15, 0.2) is 60.9 Å². The van der Waals surface area contributed by atoms with Gasteiger partial charge in [0.2, 0.25) is 11.8 Å². The SMILES string of the molecule is CNC(=O)c1ccc(Nc2nc(OC3CCCC3)c3c(-c4ccc5ncccc5c4)c[nH]c3n2)c(OC)c1. The number of rotatable bonds is 7. The van der Waals surface area contributed by atoms with E-state index in [0.29, 0.717) is 34.5 Å². The van der Waals surface area contributed by atoms with Crippen molar-refractivity contribution in [3.63, 3.8) is 0 Å². The Morgan fingerprint density at radius 2 is 1.95 bits per heavy atom. The van der Waals surface area contributed by atoms with Crippen LogP contribution in [-0.4, -0.2) is 46.1 Å². The van der Waals surface area contributed by atoms with Crippen molar-refractivity contribution in [2.75, 3.05) is 19.5 Å². The van der Waals surface area contributed by atoms with Crippen LogP contribution in [0.2, 0.25) is 0 Å². The Morgan fingerprint density at radius 3 is 2.76 bits per heavy atom. The monoisotopic (exact) mass is 508 g/mol. The second-order valence-corrected chi connectivity index (χ2v) is 9.33. The minimum Gasteiger partial charge on any atom is -0.495 e. The lowest BCUT2D eigenvalue weighted by Gasteiger charge is -2.16. The van der Waals surface area contributed by atoms with Crippen LogP contribution in [0.4, 0.5) is 11.6 Å². The molecule has 0 atom stereocenters. The summed E-state index contributed by atoms with van der Waals surface area (Å²) in [6.07, 6.45) is 8.17. The summed E-state index contributed by atoms with van der Waals surface area (Å²) in [7, 11) is 3.15. The van der Waals surface area contributed by atoms with Gasteiger partial charge in [0.15, 0.2) is 0 Å². The van der Waals surface area contributed by atoms with Gasteiger partial charge in [0.25, 0.3) is 5.91 Å². The number of carbonyl (C=O) groups excluding carboxylic acids is 1. The molecule has 9 heteroatoms. The molecule has 3 heterocycles. The maximum atomic E-state index is 12.1. The van der Waals surface area contributed by atoms with Gasteiger partial charge in [-0.15, -0.1) is 0 Å². The number of nitrogens with zero attached hydrogens (tertiary/aromatic N) is 3. The molecule has 1 saturated carbocycles. The van der Waals surface area contributed by atoms with E-state index in [1.54, 1.807) is 38.6 Å². The first kappa shape index (κ1) is 23.7. The molecule has 6 rings (SSSR count). The number of amides is 1. The van der Waals surface area contributed by atoms with Crippen molar-refractivity contribution in [1.82, 2.24) is 25.3 Å². The zero-order valence-corrected chi connectivity index (χ0v) is 21.2. The normalized spacial score (nSPS) is 13.6. The van der Waals surface area contributed by atoms with Gasteiger partial charge in [0.1, 0.15) is 17.5 Å². The largest absolute Gasteiger partial charge is 0.495 e. The van der Waals surface area contributed by atoms with Gasteiger partial charge in [0, 0.05) is 36.0 Å². The number of fused-ring (bicyclic) bond motifs is 2. The molecule has 192 valence electrons. The summed E-state index contributed by atoms with van der Waals surface area (Å²) < 4.78 is 12.0. The number of carbonyl (C=O) groups is 1. The molecule has 5 aromatic rings. The van der Waals surface area contributed by atoms with Gasteiger partial charge in [-0.3, -0.25) is 9.78 Å². The second kappa shape index (κ2) is 10.0. The van der Waals surface area contributed by atoms with Crippen molar-refractivity contribution in [3.8, 4) is 22.8 Å². The Kier molecular flexibility index (Phi) is 6.25. The Hall–Kier alpha value is -4.66. The first-order valence-corrected chi connectivity index (χ1v) is 12.7. The van der Waals surface area contributed by atoms with Crippen LogP contribution in [0.25, 0.3) is 33.1 Å². The van der Waals surface area contributed by atoms with Gasteiger partial charge in [-0.1, -0.05) is 12.1 Å². The zero-order chi connectivity index (χ0) is 26.1. The Bertz CT molecular complexity index is 1640. The van der Waals surface area contributed by atoms with Gasteiger partial charge >= 0.3 is 0 Å². The topological polar surface area (TPSA) is 114 Å². The van der Waals surface area contributed by atoms with Gasteiger partial charge in [-0.25, -0.2) is 0 Å². The summed E-state index contributed by atoms with van der Waals surface area (Å²) in [5, 5.41) is 7.78. The van der Waals surface area contributed by atoms with Crippen molar-refractivity contribution in [2.24, 2.45) is 0 Å². The average molecular weight is 509 g/mol. The molecular formula is C29H28N6O3. The molecule has 2 aromatic carbocycles. The number of methoxy groups -OCH3 is 1. The molecule has 38 heavy (non-hydrogen) atoms. The molecule has 0 aliphatic heterocycles. The molecule has 9 nitrogen and oxygen atoms in total. The first-order valence-electron chi connectivity index (χ1n) is 12.7. The zero-order valence-electron chi connectivity index (χ0n) is 21.2. The predicted octanol–water partition coefficient (Wildman–Crippen LogP) is 5.61. The molecule has 0 radical (unpaired) electrons. The van der Waals surface area contributed by atoms with Crippen LogP contribution in [0.1, 0.15) is 36.0 Å².